The minimum absolute atomic E-state index is 0.0436. The first-order valence-corrected chi connectivity index (χ1v) is 6.66. The van der Waals surface area contributed by atoms with Gasteiger partial charge in [-0.3, -0.25) is 4.79 Å². The lowest BCUT2D eigenvalue weighted by molar-refractivity contribution is -0.155. The molecule has 0 spiro atoms. The predicted molar refractivity (Wildman–Crippen MR) is 70.3 cm³/mol. The number of carbonyl (C=O) groups is 2. The number of hydrogen-bond acceptors (Lipinski definition) is 7. The number of carbonyl (C=O) groups excluding carboxylic acids is 2. The van der Waals surface area contributed by atoms with Gasteiger partial charge in [-0.15, -0.1) is 0 Å². The van der Waals surface area contributed by atoms with E-state index >= 15 is 0 Å². The summed E-state index contributed by atoms with van der Waals surface area (Å²) < 4.78 is 24.6. The average Bonchev–Trinajstić information content (AvgIpc) is 2.43. The Morgan fingerprint density at radius 1 is 0.800 bits per heavy atom. The van der Waals surface area contributed by atoms with E-state index in [2.05, 4.69) is 0 Å². The third-order valence-electron chi connectivity index (χ3n) is 2.09. The Bertz CT molecular complexity index is 255. The molecule has 0 atom stereocenters. The molecule has 0 aliphatic carbocycles. The lowest BCUT2D eigenvalue weighted by atomic mass is 10.3. The zero-order chi connectivity index (χ0) is 15.1. The summed E-state index contributed by atoms with van der Waals surface area (Å²) in [7, 11) is 1.59. The van der Waals surface area contributed by atoms with E-state index in [1.54, 1.807) is 7.11 Å². The molecule has 0 unspecified atom stereocenters. The number of hydrogen-bond donors (Lipinski definition) is 0. The highest BCUT2D eigenvalue weighted by molar-refractivity contribution is 5.71. The summed E-state index contributed by atoms with van der Waals surface area (Å²) in [4.78, 5) is 22.2. The van der Waals surface area contributed by atoms with Gasteiger partial charge in [0, 0.05) is 13.5 Å². The SMILES string of the molecule is CCCC(=O)OCCOC(=O)COCCOCCOC. The van der Waals surface area contributed by atoms with Gasteiger partial charge in [-0.25, -0.2) is 4.79 Å². The minimum atomic E-state index is -0.492. The Labute approximate surface area is 119 Å². The van der Waals surface area contributed by atoms with Crippen molar-refractivity contribution in [3.8, 4) is 0 Å². The van der Waals surface area contributed by atoms with E-state index in [0.29, 0.717) is 32.8 Å². The van der Waals surface area contributed by atoms with Crippen LogP contribution in [0.5, 0.6) is 0 Å². The smallest absolute Gasteiger partial charge is 0.332 e. The molecule has 0 aliphatic heterocycles. The van der Waals surface area contributed by atoms with Crippen molar-refractivity contribution in [2.24, 2.45) is 0 Å². The zero-order valence-electron chi connectivity index (χ0n) is 12.2. The summed E-state index contributed by atoms with van der Waals surface area (Å²) >= 11 is 0. The van der Waals surface area contributed by atoms with Crippen LogP contribution >= 0.6 is 0 Å². The van der Waals surface area contributed by atoms with Gasteiger partial charge in [0.05, 0.1) is 26.4 Å². The summed E-state index contributed by atoms with van der Waals surface area (Å²) in [5.41, 5.74) is 0. The monoisotopic (exact) mass is 292 g/mol. The van der Waals surface area contributed by atoms with Crippen molar-refractivity contribution in [3.63, 3.8) is 0 Å². The van der Waals surface area contributed by atoms with Gasteiger partial charge in [-0.05, 0) is 6.42 Å². The Hall–Kier alpha value is -1.18. The quantitative estimate of drug-likeness (QED) is 0.362. The van der Waals surface area contributed by atoms with Crippen LogP contribution in [0.3, 0.4) is 0 Å². The molecule has 0 saturated carbocycles. The Kier molecular flexibility index (Phi) is 13.4. The summed E-state index contributed by atoms with van der Waals surface area (Å²) in [6.07, 6.45) is 1.11. The van der Waals surface area contributed by atoms with E-state index < -0.39 is 5.97 Å². The maximum absolute atomic E-state index is 11.2. The largest absolute Gasteiger partial charge is 0.462 e. The van der Waals surface area contributed by atoms with Gasteiger partial charge in [0.15, 0.2) is 0 Å². The van der Waals surface area contributed by atoms with E-state index in [4.69, 9.17) is 23.7 Å². The van der Waals surface area contributed by atoms with Gasteiger partial charge in [-0.2, -0.15) is 0 Å². The number of esters is 2. The average molecular weight is 292 g/mol. The lowest BCUT2D eigenvalue weighted by Gasteiger charge is -2.07. The molecule has 0 rings (SSSR count). The molecule has 0 aliphatic rings. The fourth-order valence-electron chi connectivity index (χ4n) is 1.15. The molecule has 0 radical (unpaired) electrons. The van der Waals surface area contributed by atoms with Gasteiger partial charge < -0.3 is 23.7 Å². The Balaban J connectivity index is 3.26. The summed E-state index contributed by atoms with van der Waals surface area (Å²) in [5.74, 6) is -0.776. The molecule has 0 bridgehead atoms. The van der Waals surface area contributed by atoms with E-state index in [1.807, 2.05) is 6.92 Å². The van der Waals surface area contributed by atoms with Crippen molar-refractivity contribution in [3.05, 3.63) is 0 Å². The maximum atomic E-state index is 11.2. The molecule has 0 aromatic carbocycles. The van der Waals surface area contributed by atoms with Gasteiger partial charge in [-0.1, -0.05) is 6.92 Å². The van der Waals surface area contributed by atoms with Crippen molar-refractivity contribution in [1.29, 1.82) is 0 Å². The van der Waals surface area contributed by atoms with Crippen LogP contribution in [0.2, 0.25) is 0 Å². The van der Waals surface area contributed by atoms with Gasteiger partial charge in [0.2, 0.25) is 0 Å². The highest BCUT2D eigenvalue weighted by Gasteiger charge is 2.04. The highest BCUT2D eigenvalue weighted by Crippen LogP contribution is 1.91. The molecule has 0 aromatic heterocycles. The number of ether oxygens (including phenoxy) is 5. The molecule has 118 valence electrons. The topological polar surface area (TPSA) is 80.3 Å². The molecule has 0 heterocycles. The van der Waals surface area contributed by atoms with Crippen molar-refractivity contribution in [1.82, 2.24) is 0 Å². The van der Waals surface area contributed by atoms with Crippen LogP contribution in [0.25, 0.3) is 0 Å². The molecular formula is C13H24O7. The lowest BCUT2D eigenvalue weighted by Crippen LogP contribution is -2.18. The van der Waals surface area contributed by atoms with Gasteiger partial charge >= 0.3 is 11.9 Å². The first-order chi connectivity index (χ1) is 9.70. The summed E-state index contributed by atoms with van der Waals surface area (Å²) in [6.45, 7) is 3.59. The van der Waals surface area contributed by atoms with E-state index in [0.717, 1.165) is 6.42 Å². The highest BCUT2D eigenvalue weighted by atomic mass is 16.6. The molecule has 7 nitrogen and oxygen atoms in total. The van der Waals surface area contributed by atoms with Crippen LogP contribution in [0.1, 0.15) is 19.8 Å². The van der Waals surface area contributed by atoms with Crippen LogP contribution in [0.15, 0.2) is 0 Å². The third-order valence-corrected chi connectivity index (χ3v) is 2.09. The second-order valence-electron chi connectivity index (χ2n) is 3.85. The predicted octanol–water partition coefficient (Wildman–Crippen LogP) is 0.552. The molecule has 0 amide bonds. The Morgan fingerprint density at radius 3 is 2.05 bits per heavy atom. The summed E-state index contributed by atoms with van der Waals surface area (Å²) in [6, 6.07) is 0. The van der Waals surface area contributed by atoms with Crippen LogP contribution in [-0.4, -0.2) is 65.3 Å². The standard InChI is InChI=1S/C13H24O7/c1-3-4-12(14)19-9-10-20-13(15)11-18-8-7-17-6-5-16-2/h3-11H2,1-2H3. The van der Waals surface area contributed by atoms with Crippen LogP contribution < -0.4 is 0 Å². The van der Waals surface area contributed by atoms with Crippen LogP contribution in [-0.2, 0) is 33.3 Å². The zero-order valence-corrected chi connectivity index (χ0v) is 12.2. The van der Waals surface area contributed by atoms with Gasteiger partial charge in [0.25, 0.3) is 0 Å². The molecule has 20 heavy (non-hydrogen) atoms. The van der Waals surface area contributed by atoms with E-state index in [1.165, 1.54) is 0 Å². The number of rotatable bonds is 13. The Morgan fingerprint density at radius 2 is 1.40 bits per heavy atom. The first kappa shape index (κ1) is 18.8. The van der Waals surface area contributed by atoms with Crippen molar-refractivity contribution < 1.29 is 33.3 Å². The normalized spacial score (nSPS) is 10.3. The number of methoxy groups -OCH3 is 1. The van der Waals surface area contributed by atoms with E-state index in [9.17, 15) is 9.59 Å². The van der Waals surface area contributed by atoms with Crippen LogP contribution in [0, 0.1) is 0 Å². The molecule has 0 aromatic rings. The van der Waals surface area contributed by atoms with E-state index in [-0.39, 0.29) is 25.8 Å². The molecule has 0 fully saturated rings. The minimum Gasteiger partial charge on any atom is -0.462 e. The molecular weight excluding hydrogens is 268 g/mol. The third kappa shape index (κ3) is 13.3. The van der Waals surface area contributed by atoms with Crippen LogP contribution in [0.4, 0.5) is 0 Å². The second-order valence-corrected chi connectivity index (χ2v) is 3.85. The second kappa shape index (κ2) is 14.2. The van der Waals surface area contributed by atoms with Crippen molar-refractivity contribution in [2.45, 2.75) is 19.8 Å². The van der Waals surface area contributed by atoms with Gasteiger partial charge in [0.1, 0.15) is 19.8 Å². The molecule has 0 saturated heterocycles. The summed E-state index contributed by atoms with van der Waals surface area (Å²) in [5, 5.41) is 0. The fourth-order valence-corrected chi connectivity index (χ4v) is 1.15. The first-order valence-electron chi connectivity index (χ1n) is 6.66. The van der Waals surface area contributed by atoms with Crippen molar-refractivity contribution >= 4 is 11.9 Å². The maximum Gasteiger partial charge on any atom is 0.332 e. The van der Waals surface area contributed by atoms with Crippen molar-refractivity contribution in [2.75, 3.05) is 53.4 Å². The molecule has 0 N–H and O–H groups in total. The fraction of sp³-hybridized carbons (Fsp3) is 0.846. The molecule has 7 heteroatoms.